The van der Waals surface area contributed by atoms with Crippen LogP contribution in [-0.4, -0.2) is 22.1 Å². The molecule has 4 aliphatic carbocycles. The zero-order valence-electron chi connectivity index (χ0n) is 14.1. The molecule has 3 nitrogen and oxygen atoms in total. The van der Waals surface area contributed by atoms with Gasteiger partial charge in [0.15, 0.2) is 0 Å². The van der Waals surface area contributed by atoms with Crippen LogP contribution in [0.1, 0.15) is 71.6 Å². The summed E-state index contributed by atoms with van der Waals surface area (Å²) in [6, 6.07) is 0. The minimum absolute atomic E-state index is 0.0662. The van der Waals surface area contributed by atoms with Gasteiger partial charge in [-0.1, -0.05) is 19.0 Å². The largest absolute Gasteiger partial charge is 0.411 e. The zero-order chi connectivity index (χ0) is 15.5. The molecule has 0 aliphatic heterocycles. The van der Waals surface area contributed by atoms with Gasteiger partial charge in [-0.05, 0) is 92.3 Å². The molecular weight excluding hydrogens is 274 g/mol. The van der Waals surface area contributed by atoms with Gasteiger partial charge < -0.3 is 10.3 Å². The molecule has 0 aromatic rings. The van der Waals surface area contributed by atoms with E-state index in [2.05, 4.69) is 19.0 Å². The molecule has 124 valence electrons. The highest BCUT2D eigenvalue weighted by Gasteiger charge is 2.59. The van der Waals surface area contributed by atoms with E-state index >= 15 is 0 Å². The van der Waals surface area contributed by atoms with Crippen molar-refractivity contribution in [3.63, 3.8) is 0 Å². The Bertz CT molecular complexity index is 490. The highest BCUT2D eigenvalue weighted by molar-refractivity contribution is 5.85. The van der Waals surface area contributed by atoms with Crippen LogP contribution in [0.3, 0.4) is 0 Å². The van der Waals surface area contributed by atoms with E-state index in [9.17, 15) is 5.11 Å². The molecule has 0 saturated heterocycles. The second-order valence-electron chi connectivity index (χ2n) is 9.16. The number of nitrogens with zero attached hydrogens (tertiary/aromatic N) is 1. The van der Waals surface area contributed by atoms with Crippen LogP contribution in [0.4, 0.5) is 0 Å². The Balaban J connectivity index is 1.62. The SMILES string of the molecule is C[C@]12CCC3C(CC[C@H]4C/C(=N/O)CC[C@]34C)C1CC[C@@H]2O. The van der Waals surface area contributed by atoms with Gasteiger partial charge >= 0.3 is 0 Å². The maximum atomic E-state index is 10.5. The van der Waals surface area contributed by atoms with Crippen molar-refractivity contribution in [2.24, 2.45) is 39.7 Å². The quantitative estimate of drug-likeness (QED) is 0.520. The molecule has 2 N–H and O–H groups in total. The lowest BCUT2D eigenvalue weighted by Crippen LogP contribution is -2.54. The van der Waals surface area contributed by atoms with Crippen LogP contribution in [-0.2, 0) is 0 Å². The summed E-state index contributed by atoms with van der Waals surface area (Å²) >= 11 is 0. The molecule has 0 spiro atoms. The van der Waals surface area contributed by atoms with Crippen molar-refractivity contribution >= 4 is 5.71 Å². The molecular formula is C19H31NO2. The maximum Gasteiger partial charge on any atom is 0.0596 e. The van der Waals surface area contributed by atoms with Gasteiger partial charge in [0.25, 0.3) is 0 Å². The zero-order valence-corrected chi connectivity index (χ0v) is 14.1. The van der Waals surface area contributed by atoms with E-state index in [1.54, 1.807) is 0 Å². The van der Waals surface area contributed by atoms with Crippen LogP contribution in [0.2, 0.25) is 0 Å². The molecule has 0 aromatic carbocycles. The Labute approximate surface area is 134 Å². The first-order valence-electron chi connectivity index (χ1n) is 9.37. The van der Waals surface area contributed by atoms with E-state index < -0.39 is 0 Å². The van der Waals surface area contributed by atoms with E-state index in [0.29, 0.717) is 11.3 Å². The lowest BCUT2D eigenvalue weighted by molar-refractivity contribution is -0.112. The Morgan fingerprint density at radius 3 is 2.50 bits per heavy atom. The molecule has 22 heavy (non-hydrogen) atoms. The summed E-state index contributed by atoms with van der Waals surface area (Å²) in [4.78, 5) is 0. The summed E-state index contributed by atoms with van der Waals surface area (Å²) in [5, 5.41) is 23.2. The van der Waals surface area contributed by atoms with Crippen LogP contribution >= 0.6 is 0 Å². The van der Waals surface area contributed by atoms with Crippen LogP contribution in [0.5, 0.6) is 0 Å². The fourth-order valence-electron chi connectivity index (χ4n) is 7.12. The van der Waals surface area contributed by atoms with Crippen LogP contribution in [0.25, 0.3) is 0 Å². The summed E-state index contributed by atoms with van der Waals surface area (Å²) < 4.78 is 0. The molecule has 0 heterocycles. The first-order valence-corrected chi connectivity index (χ1v) is 9.37. The molecule has 4 fully saturated rings. The normalized spacial score (nSPS) is 56.3. The minimum Gasteiger partial charge on any atom is -0.411 e. The smallest absolute Gasteiger partial charge is 0.0596 e. The van der Waals surface area contributed by atoms with Crippen LogP contribution in [0, 0.1) is 34.5 Å². The molecule has 4 rings (SSSR count). The Morgan fingerprint density at radius 1 is 0.955 bits per heavy atom. The molecule has 4 aliphatic rings. The third kappa shape index (κ3) is 1.87. The van der Waals surface area contributed by atoms with Gasteiger partial charge in [-0.25, -0.2) is 0 Å². The van der Waals surface area contributed by atoms with Gasteiger partial charge in [-0.15, -0.1) is 0 Å². The first-order chi connectivity index (χ1) is 10.5. The Hall–Kier alpha value is -0.570. The average Bonchev–Trinajstić information content (AvgIpc) is 2.82. The topological polar surface area (TPSA) is 52.8 Å². The highest BCUT2D eigenvalue weighted by atomic mass is 16.4. The average molecular weight is 305 g/mol. The molecule has 0 bridgehead atoms. The molecule has 0 aromatic heterocycles. The van der Waals surface area contributed by atoms with Crippen LogP contribution in [0.15, 0.2) is 5.16 Å². The second kappa shape index (κ2) is 4.96. The maximum absolute atomic E-state index is 10.5. The van der Waals surface area contributed by atoms with Gasteiger partial charge in [0, 0.05) is 0 Å². The number of hydrogen-bond donors (Lipinski definition) is 2. The van der Waals surface area contributed by atoms with Crippen molar-refractivity contribution in [1.29, 1.82) is 0 Å². The monoisotopic (exact) mass is 305 g/mol. The van der Waals surface area contributed by atoms with E-state index in [1.165, 1.54) is 38.5 Å². The van der Waals surface area contributed by atoms with Crippen LogP contribution < -0.4 is 0 Å². The predicted octanol–water partition coefficient (Wildman–Crippen LogP) is 4.22. The first kappa shape index (κ1) is 15.0. The van der Waals surface area contributed by atoms with E-state index in [4.69, 9.17) is 5.21 Å². The summed E-state index contributed by atoms with van der Waals surface area (Å²) in [5.41, 5.74) is 1.65. The second-order valence-corrected chi connectivity index (χ2v) is 9.16. The lowest BCUT2D eigenvalue weighted by atomic mass is 9.45. The van der Waals surface area contributed by atoms with Crippen molar-refractivity contribution in [3.05, 3.63) is 0 Å². The van der Waals surface area contributed by atoms with Gasteiger partial charge in [0.05, 0.1) is 11.8 Å². The van der Waals surface area contributed by atoms with Crippen molar-refractivity contribution in [1.82, 2.24) is 0 Å². The fraction of sp³-hybridized carbons (Fsp3) is 0.947. The van der Waals surface area contributed by atoms with Crippen molar-refractivity contribution < 1.29 is 10.3 Å². The fourth-order valence-corrected chi connectivity index (χ4v) is 7.12. The highest BCUT2D eigenvalue weighted by Crippen LogP contribution is 2.65. The Morgan fingerprint density at radius 2 is 1.73 bits per heavy atom. The number of aliphatic hydroxyl groups excluding tert-OH is 1. The molecule has 4 saturated carbocycles. The number of fused-ring (bicyclic) bond motifs is 5. The third-order valence-corrected chi connectivity index (χ3v) is 8.59. The standard InChI is InChI=1S/C19H31NO2/c1-18-9-7-13(20-22)11-12(18)3-4-14-15-5-6-17(21)19(15,2)10-8-16(14)18/h12,14-17,21-22H,3-11H2,1-2H3/b20-13+/t12-,14?,15?,16?,17-,18-,19-/m0/s1. The van der Waals surface area contributed by atoms with Crippen molar-refractivity contribution in [2.75, 3.05) is 0 Å². The number of hydrogen-bond acceptors (Lipinski definition) is 3. The third-order valence-electron chi connectivity index (χ3n) is 8.59. The van der Waals surface area contributed by atoms with Gasteiger partial charge in [0.2, 0.25) is 0 Å². The lowest BCUT2D eigenvalue weighted by Gasteiger charge is -2.60. The number of oxime groups is 1. The van der Waals surface area contributed by atoms with Gasteiger partial charge in [-0.2, -0.15) is 0 Å². The molecule has 0 amide bonds. The number of aliphatic hydroxyl groups is 1. The van der Waals surface area contributed by atoms with E-state index in [0.717, 1.165) is 42.7 Å². The molecule has 3 heteroatoms. The Kier molecular flexibility index (Phi) is 3.38. The van der Waals surface area contributed by atoms with Gasteiger partial charge in [-0.3, -0.25) is 0 Å². The summed E-state index contributed by atoms with van der Waals surface area (Å²) in [7, 11) is 0. The van der Waals surface area contributed by atoms with Crippen molar-refractivity contribution in [2.45, 2.75) is 77.7 Å². The molecule has 0 radical (unpaired) electrons. The molecule has 3 unspecified atom stereocenters. The summed E-state index contributed by atoms with van der Waals surface area (Å²) in [6.07, 6.45) is 10.5. The summed E-state index contributed by atoms with van der Waals surface area (Å²) in [6.45, 7) is 4.88. The van der Waals surface area contributed by atoms with Crippen molar-refractivity contribution in [3.8, 4) is 0 Å². The minimum atomic E-state index is -0.0662. The van der Waals surface area contributed by atoms with Gasteiger partial charge in [0.1, 0.15) is 0 Å². The number of rotatable bonds is 0. The molecule has 7 atom stereocenters. The van der Waals surface area contributed by atoms with E-state index in [-0.39, 0.29) is 11.5 Å². The summed E-state index contributed by atoms with van der Waals surface area (Å²) in [5.74, 6) is 3.11. The predicted molar refractivity (Wildman–Crippen MR) is 87.0 cm³/mol. The van der Waals surface area contributed by atoms with E-state index in [1.807, 2.05) is 0 Å².